The number of carbonyl (C=O) groups is 4. The number of nitrogens with one attached hydrogen (secondary N) is 2. The molecule has 2 amide bonds. The Hall–Kier alpha value is -6.50. The molecule has 2 unspecified atom stereocenters. The van der Waals surface area contributed by atoms with Crippen LogP contribution >= 0.6 is 0 Å². The molecule has 2 N–H and O–H groups in total. The second-order valence-electron chi connectivity index (χ2n) is 13.2. The van der Waals surface area contributed by atoms with E-state index in [-0.39, 0.29) is 35.5 Å². The molecule has 2 atom stereocenters. The van der Waals surface area contributed by atoms with Crippen molar-refractivity contribution >= 4 is 35.1 Å². The SMILES string of the molecule is COC(C)CCOc1ccc(C(=O)Oc2ccc(C(=O)Nc3ccc(NC(=O)c4ccc(OC(=O)c5ccc(OCCC(C)OC)cc5)cc4)c(C)c3)cc2)cc1. The quantitative estimate of drug-likeness (QED) is 0.0656. The highest BCUT2D eigenvalue weighted by atomic mass is 16.5. The van der Waals surface area contributed by atoms with Crippen LogP contribution in [0.15, 0.2) is 115 Å². The molecule has 5 rings (SSSR count). The summed E-state index contributed by atoms with van der Waals surface area (Å²) in [6.07, 6.45) is 1.67. The third kappa shape index (κ3) is 12.5. The number of aryl methyl sites for hydroxylation is 1. The summed E-state index contributed by atoms with van der Waals surface area (Å²) in [5, 5.41) is 5.72. The highest BCUT2D eigenvalue weighted by molar-refractivity contribution is 6.06. The van der Waals surface area contributed by atoms with E-state index in [9.17, 15) is 19.2 Å². The van der Waals surface area contributed by atoms with Gasteiger partial charge in [0.1, 0.15) is 23.0 Å². The van der Waals surface area contributed by atoms with Gasteiger partial charge in [-0.15, -0.1) is 0 Å². The molecule has 0 heterocycles. The monoisotopic (exact) mass is 774 g/mol. The number of benzene rings is 5. The van der Waals surface area contributed by atoms with Gasteiger partial charge in [-0.05, 0) is 142 Å². The minimum absolute atomic E-state index is 0.0915. The Morgan fingerprint density at radius 1 is 0.509 bits per heavy atom. The normalized spacial score (nSPS) is 11.8. The number of hydrogen-bond donors (Lipinski definition) is 2. The fourth-order valence-corrected chi connectivity index (χ4v) is 5.26. The van der Waals surface area contributed by atoms with Gasteiger partial charge in [-0.1, -0.05) is 0 Å². The molecular formula is C45H46N2O10. The zero-order valence-corrected chi connectivity index (χ0v) is 32.5. The molecule has 0 spiro atoms. The summed E-state index contributed by atoms with van der Waals surface area (Å²) in [4.78, 5) is 51.4. The minimum atomic E-state index is -0.541. The number of anilines is 2. The first-order valence-corrected chi connectivity index (χ1v) is 18.4. The second-order valence-corrected chi connectivity index (χ2v) is 13.2. The average Bonchev–Trinajstić information content (AvgIpc) is 3.22. The minimum Gasteiger partial charge on any atom is -0.493 e. The van der Waals surface area contributed by atoms with Crippen LogP contribution in [0, 0.1) is 6.92 Å². The summed E-state index contributed by atoms with van der Waals surface area (Å²) in [5.41, 5.74) is 3.22. The van der Waals surface area contributed by atoms with Crippen molar-refractivity contribution in [2.24, 2.45) is 0 Å². The van der Waals surface area contributed by atoms with Crippen LogP contribution in [-0.4, -0.2) is 63.4 Å². The number of esters is 2. The Morgan fingerprint density at radius 3 is 1.30 bits per heavy atom. The number of carbonyl (C=O) groups excluding carboxylic acids is 4. The van der Waals surface area contributed by atoms with Crippen molar-refractivity contribution in [3.05, 3.63) is 143 Å². The van der Waals surface area contributed by atoms with Crippen molar-refractivity contribution in [1.82, 2.24) is 0 Å². The van der Waals surface area contributed by atoms with Gasteiger partial charge in [0.25, 0.3) is 11.8 Å². The third-order valence-corrected chi connectivity index (χ3v) is 8.96. The van der Waals surface area contributed by atoms with E-state index >= 15 is 0 Å². The Kier molecular flexibility index (Phi) is 14.9. The summed E-state index contributed by atoms with van der Waals surface area (Å²) < 4.78 is 32.8. The summed E-state index contributed by atoms with van der Waals surface area (Å²) >= 11 is 0. The van der Waals surface area contributed by atoms with Crippen LogP contribution in [0.2, 0.25) is 0 Å². The Bertz CT molecular complexity index is 2120. The number of ether oxygens (including phenoxy) is 6. The number of amides is 2. The van der Waals surface area contributed by atoms with Crippen molar-refractivity contribution in [3.8, 4) is 23.0 Å². The van der Waals surface area contributed by atoms with Crippen LogP contribution in [0.25, 0.3) is 0 Å². The molecule has 5 aromatic rings. The van der Waals surface area contributed by atoms with Gasteiger partial charge < -0.3 is 39.1 Å². The maximum atomic E-state index is 13.0. The van der Waals surface area contributed by atoms with Crippen LogP contribution in [0.4, 0.5) is 11.4 Å². The predicted molar refractivity (Wildman–Crippen MR) is 216 cm³/mol. The predicted octanol–water partition coefficient (Wildman–Crippen LogP) is 8.55. The van der Waals surface area contributed by atoms with E-state index in [2.05, 4.69) is 10.6 Å². The molecule has 12 heteroatoms. The fraction of sp³-hybridized carbons (Fsp3) is 0.244. The van der Waals surface area contributed by atoms with Crippen molar-refractivity contribution in [2.75, 3.05) is 38.1 Å². The van der Waals surface area contributed by atoms with Crippen LogP contribution in [-0.2, 0) is 9.47 Å². The Labute approximate surface area is 332 Å². The van der Waals surface area contributed by atoms with Crippen LogP contribution in [0.1, 0.15) is 73.7 Å². The zero-order valence-electron chi connectivity index (χ0n) is 32.5. The lowest BCUT2D eigenvalue weighted by atomic mass is 10.1. The topological polar surface area (TPSA) is 148 Å². The average molecular weight is 775 g/mol. The zero-order chi connectivity index (χ0) is 40.7. The highest BCUT2D eigenvalue weighted by Gasteiger charge is 2.14. The smallest absolute Gasteiger partial charge is 0.343 e. The molecule has 0 aliphatic heterocycles. The first kappa shape index (κ1) is 41.7. The van der Waals surface area contributed by atoms with E-state index < -0.39 is 11.9 Å². The number of hydrogen-bond acceptors (Lipinski definition) is 10. The standard InChI is InChI=1S/C45H46N2O10/c1-29-28-36(46-42(48)32-6-19-39(20-7-32)56-44(50)34-10-15-37(16-11-34)54-26-24-30(2)52-4)14-23-41(29)47-43(49)33-8-21-40(22-9-33)57-45(51)35-12-17-38(18-13-35)55-27-25-31(3)53-5/h6-23,28,30-31H,24-27H2,1-5H3,(H,46,48)(H,47,49). The van der Waals surface area contributed by atoms with Crippen LogP contribution < -0.4 is 29.6 Å². The Balaban J connectivity index is 1.07. The van der Waals surface area contributed by atoms with Crippen LogP contribution in [0.3, 0.4) is 0 Å². The van der Waals surface area contributed by atoms with E-state index in [1.807, 2.05) is 20.8 Å². The molecular weight excluding hydrogens is 728 g/mol. The van der Waals surface area contributed by atoms with Gasteiger partial charge in [-0.3, -0.25) is 9.59 Å². The first-order valence-electron chi connectivity index (χ1n) is 18.4. The molecule has 0 saturated heterocycles. The van der Waals surface area contributed by atoms with E-state index in [0.29, 0.717) is 58.3 Å². The molecule has 0 aromatic heterocycles. The summed E-state index contributed by atoms with van der Waals surface area (Å²) in [7, 11) is 3.30. The van der Waals surface area contributed by atoms with E-state index in [1.165, 1.54) is 0 Å². The third-order valence-electron chi connectivity index (χ3n) is 8.96. The maximum Gasteiger partial charge on any atom is 0.343 e. The molecule has 5 aromatic carbocycles. The second kappa shape index (κ2) is 20.4. The molecule has 0 aliphatic carbocycles. The lowest BCUT2D eigenvalue weighted by Crippen LogP contribution is -2.14. The van der Waals surface area contributed by atoms with E-state index in [0.717, 1.165) is 18.4 Å². The first-order chi connectivity index (χ1) is 27.5. The van der Waals surface area contributed by atoms with Crippen molar-refractivity contribution in [1.29, 1.82) is 0 Å². The highest BCUT2D eigenvalue weighted by Crippen LogP contribution is 2.24. The van der Waals surface area contributed by atoms with Gasteiger partial charge in [0, 0.05) is 49.6 Å². The molecule has 57 heavy (non-hydrogen) atoms. The van der Waals surface area contributed by atoms with Crippen molar-refractivity contribution in [2.45, 2.75) is 45.8 Å². The summed E-state index contributed by atoms with van der Waals surface area (Å²) in [6, 6.07) is 30.9. The van der Waals surface area contributed by atoms with Gasteiger partial charge in [-0.25, -0.2) is 9.59 Å². The summed E-state index contributed by atoms with van der Waals surface area (Å²) in [6.45, 7) is 6.72. The van der Waals surface area contributed by atoms with Crippen LogP contribution in [0.5, 0.6) is 23.0 Å². The van der Waals surface area contributed by atoms with Gasteiger partial charge in [-0.2, -0.15) is 0 Å². The molecule has 0 radical (unpaired) electrons. The van der Waals surface area contributed by atoms with Gasteiger partial charge in [0.15, 0.2) is 0 Å². The lowest BCUT2D eigenvalue weighted by Gasteiger charge is -2.12. The number of rotatable bonds is 18. The summed E-state index contributed by atoms with van der Waals surface area (Å²) in [5.74, 6) is 0.0375. The molecule has 0 fully saturated rings. The van der Waals surface area contributed by atoms with Gasteiger partial charge in [0.2, 0.25) is 0 Å². The molecule has 0 aliphatic rings. The molecule has 0 saturated carbocycles. The molecule has 12 nitrogen and oxygen atoms in total. The van der Waals surface area contributed by atoms with E-state index in [4.69, 9.17) is 28.4 Å². The largest absolute Gasteiger partial charge is 0.493 e. The molecule has 0 bridgehead atoms. The maximum absolute atomic E-state index is 13.0. The van der Waals surface area contributed by atoms with Crippen molar-refractivity contribution < 1.29 is 47.6 Å². The van der Waals surface area contributed by atoms with Gasteiger partial charge in [0.05, 0.1) is 36.5 Å². The van der Waals surface area contributed by atoms with Crippen molar-refractivity contribution in [3.63, 3.8) is 0 Å². The lowest BCUT2D eigenvalue weighted by molar-refractivity contribution is 0.0725. The van der Waals surface area contributed by atoms with E-state index in [1.54, 1.807) is 129 Å². The van der Waals surface area contributed by atoms with Gasteiger partial charge >= 0.3 is 11.9 Å². The fourth-order valence-electron chi connectivity index (χ4n) is 5.26. The Morgan fingerprint density at radius 2 is 0.895 bits per heavy atom. The number of methoxy groups -OCH3 is 2. The molecule has 296 valence electrons.